The van der Waals surface area contributed by atoms with Crippen molar-refractivity contribution in [1.29, 1.82) is 0 Å². The normalized spacial score (nSPS) is 42.8. The SMILES string of the molecule is CN(CC12CC3CC(CC(C3)C1)C2)C(=O)CN. The molecule has 4 aliphatic carbocycles. The highest BCUT2D eigenvalue weighted by atomic mass is 16.2. The van der Waals surface area contributed by atoms with Gasteiger partial charge in [0.2, 0.25) is 5.91 Å². The van der Waals surface area contributed by atoms with Crippen LogP contribution in [0.5, 0.6) is 0 Å². The summed E-state index contributed by atoms with van der Waals surface area (Å²) in [5, 5.41) is 0. The molecule has 0 saturated heterocycles. The molecule has 0 aromatic carbocycles. The fourth-order valence-electron chi connectivity index (χ4n) is 5.23. The molecule has 4 aliphatic rings. The molecular formula is C14H24N2O. The van der Waals surface area contributed by atoms with Crippen molar-refractivity contribution < 1.29 is 4.79 Å². The zero-order valence-corrected chi connectivity index (χ0v) is 10.8. The number of hydrogen-bond acceptors (Lipinski definition) is 2. The summed E-state index contributed by atoms with van der Waals surface area (Å²) >= 11 is 0. The van der Waals surface area contributed by atoms with Crippen molar-refractivity contribution in [2.24, 2.45) is 28.9 Å². The first kappa shape index (κ1) is 11.5. The Morgan fingerprint density at radius 2 is 1.65 bits per heavy atom. The van der Waals surface area contributed by atoms with E-state index in [1.807, 2.05) is 11.9 Å². The maximum atomic E-state index is 11.6. The Morgan fingerprint density at radius 1 is 1.18 bits per heavy atom. The second-order valence-electron chi connectivity index (χ2n) is 6.87. The van der Waals surface area contributed by atoms with E-state index in [4.69, 9.17) is 5.73 Å². The quantitative estimate of drug-likeness (QED) is 0.809. The molecule has 0 radical (unpaired) electrons. The molecule has 0 unspecified atom stereocenters. The van der Waals surface area contributed by atoms with Crippen molar-refractivity contribution in [1.82, 2.24) is 4.90 Å². The number of rotatable bonds is 3. The summed E-state index contributed by atoms with van der Waals surface area (Å²) < 4.78 is 0. The van der Waals surface area contributed by atoms with Crippen molar-refractivity contribution in [2.75, 3.05) is 20.1 Å². The summed E-state index contributed by atoms with van der Waals surface area (Å²) in [7, 11) is 1.92. The van der Waals surface area contributed by atoms with E-state index in [0.717, 1.165) is 24.3 Å². The molecule has 1 amide bonds. The van der Waals surface area contributed by atoms with Crippen LogP contribution in [0.15, 0.2) is 0 Å². The molecule has 4 rings (SSSR count). The Labute approximate surface area is 104 Å². The van der Waals surface area contributed by atoms with Crippen LogP contribution >= 0.6 is 0 Å². The van der Waals surface area contributed by atoms with E-state index in [0.29, 0.717) is 5.41 Å². The van der Waals surface area contributed by atoms with E-state index in [9.17, 15) is 4.79 Å². The Hall–Kier alpha value is -0.570. The van der Waals surface area contributed by atoms with Gasteiger partial charge in [-0.1, -0.05) is 0 Å². The summed E-state index contributed by atoms with van der Waals surface area (Å²) in [4.78, 5) is 13.5. The summed E-state index contributed by atoms with van der Waals surface area (Å²) in [6, 6.07) is 0. The standard InChI is InChI=1S/C14H24N2O/c1-16(13(17)8-15)9-14-5-10-2-11(6-14)4-12(3-10)7-14/h10-12H,2-9,15H2,1H3. The second-order valence-corrected chi connectivity index (χ2v) is 6.87. The average molecular weight is 236 g/mol. The lowest BCUT2D eigenvalue weighted by molar-refractivity contribution is -0.133. The van der Waals surface area contributed by atoms with Crippen LogP contribution in [0, 0.1) is 23.2 Å². The van der Waals surface area contributed by atoms with Crippen molar-refractivity contribution >= 4 is 5.91 Å². The van der Waals surface area contributed by atoms with Gasteiger partial charge in [0.15, 0.2) is 0 Å². The summed E-state index contributed by atoms with van der Waals surface area (Å²) in [5.74, 6) is 2.98. The molecule has 0 heterocycles. The lowest BCUT2D eigenvalue weighted by Crippen LogP contribution is -2.52. The highest BCUT2D eigenvalue weighted by Gasteiger charge is 2.51. The minimum absolute atomic E-state index is 0.0979. The lowest BCUT2D eigenvalue weighted by atomic mass is 9.49. The van der Waals surface area contributed by atoms with Crippen LogP contribution in [-0.4, -0.2) is 30.9 Å². The van der Waals surface area contributed by atoms with Crippen LogP contribution in [0.3, 0.4) is 0 Å². The monoisotopic (exact) mass is 236 g/mol. The zero-order chi connectivity index (χ0) is 12.0. The number of nitrogens with two attached hydrogens (primary N) is 1. The minimum atomic E-state index is 0.0979. The number of carbonyl (C=O) groups is 1. The Morgan fingerprint density at radius 3 is 2.06 bits per heavy atom. The van der Waals surface area contributed by atoms with Crippen molar-refractivity contribution in [2.45, 2.75) is 38.5 Å². The molecular weight excluding hydrogens is 212 g/mol. The van der Waals surface area contributed by atoms with Gasteiger partial charge in [0.25, 0.3) is 0 Å². The molecule has 4 saturated carbocycles. The van der Waals surface area contributed by atoms with E-state index >= 15 is 0 Å². The van der Waals surface area contributed by atoms with Crippen molar-refractivity contribution in [3.63, 3.8) is 0 Å². The van der Waals surface area contributed by atoms with Gasteiger partial charge < -0.3 is 10.6 Å². The number of nitrogens with zero attached hydrogens (tertiary/aromatic N) is 1. The molecule has 0 atom stereocenters. The van der Waals surface area contributed by atoms with Crippen LogP contribution in [0.1, 0.15) is 38.5 Å². The van der Waals surface area contributed by atoms with E-state index in [-0.39, 0.29) is 12.5 Å². The predicted octanol–water partition coefficient (Wildman–Crippen LogP) is 1.62. The third-order valence-electron chi connectivity index (χ3n) is 5.34. The molecule has 4 bridgehead atoms. The lowest BCUT2D eigenvalue weighted by Gasteiger charge is -2.57. The van der Waals surface area contributed by atoms with Gasteiger partial charge in [-0.05, 0) is 61.7 Å². The molecule has 4 fully saturated rings. The molecule has 0 aromatic heterocycles. The molecule has 3 nitrogen and oxygen atoms in total. The van der Waals surface area contributed by atoms with E-state index in [1.165, 1.54) is 38.5 Å². The number of likely N-dealkylation sites (N-methyl/N-ethyl adjacent to an activating group) is 1. The maximum Gasteiger partial charge on any atom is 0.236 e. The van der Waals surface area contributed by atoms with Crippen LogP contribution in [0.4, 0.5) is 0 Å². The maximum absolute atomic E-state index is 11.6. The molecule has 17 heavy (non-hydrogen) atoms. The van der Waals surface area contributed by atoms with Gasteiger partial charge in [-0.25, -0.2) is 0 Å². The average Bonchev–Trinajstić information content (AvgIpc) is 2.25. The molecule has 2 N–H and O–H groups in total. The van der Waals surface area contributed by atoms with Crippen LogP contribution in [0.25, 0.3) is 0 Å². The highest BCUT2D eigenvalue weighted by molar-refractivity contribution is 5.77. The van der Waals surface area contributed by atoms with Gasteiger partial charge >= 0.3 is 0 Å². The van der Waals surface area contributed by atoms with Crippen LogP contribution in [-0.2, 0) is 4.79 Å². The Balaban J connectivity index is 1.72. The fourth-order valence-corrected chi connectivity index (χ4v) is 5.23. The third kappa shape index (κ3) is 1.99. The topological polar surface area (TPSA) is 46.3 Å². The molecule has 0 spiro atoms. The van der Waals surface area contributed by atoms with Crippen LogP contribution in [0.2, 0.25) is 0 Å². The van der Waals surface area contributed by atoms with Gasteiger partial charge in [0.1, 0.15) is 0 Å². The van der Waals surface area contributed by atoms with E-state index < -0.39 is 0 Å². The number of carbonyl (C=O) groups excluding carboxylic acids is 1. The second kappa shape index (κ2) is 3.98. The molecule has 0 aromatic rings. The first-order valence-corrected chi connectivity index (χ1v) is 7.04. The van der Waals surface area contributed by atoms with Gasteiger partial charge in [-0.15, -0.1) is 0 Å². The first-order valence-electron chi connectivity index (χ1n) is 7.04. The van der Waals surface area contributed by atoms with E-state index in [2.05, 4.69) is 0 Å². The molecule has 96 valence electrons. The van der Waals surface area contributed by atoms with Crippen molar-refractivity contribution in [3.05, 3.63) is 0 Å². The highest BCUT2D eigenvalue weighted by Crippen LogP contribution is 2.60. The minimum Gasteiger partial charge on any atom is -0.344 e. The Kier molecular flexibility index (Phi) is 2.69. The summed E-state index contributed by atoms with van der Waals surface area (Å²) in [6.45, 7) is 1.11. The number of hydrogen-bond donors (Lipinski definition) is 1. The number of amides is 1. The van der Waals surface area contributed by atoms with Gasteiger partial charge in [0.05, 0.1) is 6.54 Å². The summed E-state index contributed by atoms with van der Waals surface area (Å²) in [5.41, 5.74) is 5.90. The zero-order valence-electron chi connectivity index (χ0n) is 10.8. The van der Waals surface area contributed by atoms with E-state index in [1.54, 1.807) is 0 Å². The molecule has 0 aliphatic heterocycles. The largest absolute Gasteiger partial charge is 0.344 e. The fraction of sp³-hybridized carbons (Fsp3) is 0.929. The van der Waals surface area contributed by atoms with Gasteiger partial charge in [-0.3, -0.25) is 4.79 Å². The van der Waals surface area contributed by atoms with Gasteiger partial charge in [0, 0.05) is 13.6 Å². The smallest absolute Gasteiger partial charge is 0.236 e. The first-order chi connectivity index (χ1) is 8.10. The third-order valence-corrected chi connectivity index (χ3v) is 5.34. The Bertz CT molecular complexity index is 291. The molecule has 3 heteroatoms. The van der Waals surface area contributed by atoms with Crippen LogP contribution < -0.4 is 5.73 Å². The van der Waals surface area contributed by atoms with Crippen molar-refractivity contribution in [3.8, 4) is 0 Å². The summed E-state index contributed by atoms with van der Waals surface area (Å²) in [6.07, 6.45) is 8.49. The predicted molar refractivity (Wildman–Crippen MR) is 67.3 cm³/mol. The van der Waals surface area contributed by atoms with Gasteiger partial charge in [-0.2, -0.15) is 0 Å².